The molecule has 1 fully saturated rings. The third-order valence-corrected chi connectivity index (χ3v) is 6.16. The zero-order chi connectivity index (χ0) is 24.0. The normalized spacial score (nSPS) is 14.8. The molecule has 1 aromatic carbocycles. The van der Waals surface area contributed by atoms with Gasteiger partial charge in [0.15, 0.2) is 17.2 Å². The molecule has 9 nitrogen and oxygen atoms in total. The van der Waals surface area contributed by atoms with Crippen LogP contribution in [-0.4, -0.2) is 63.6 Å². The fourth-order valence-corrected chi connectivity index (χ4v) is 4.49. The second-order valence-corrected chi connectivity index (χ2v) is 8.32. The SMILES string of the molecule is CNC(=O)c1ccc(N2CCN(Cc3cc(F)c4c(c3)[nH]c(=O)c3c(F)cnn34)CC2)c(C)n1. The van der Waals surface area contributed by atoms with Crippen molar-refractivity contribution < 1.29 is 13.6 Å². The quantitative estimate of drug-likeness (QED) is 0.475. The number of pyridine rings is 1. The largest absolute Gasteiger partial charge is 0.368 e. The Hall–Kier alpha value is -3.86. The van der Waals surface area contributed by atoms with Crippen molar-refractivity contribution in [3.63, 3.8) is 0 Å². The lowest BCUT2D eigenvalue weighted by Crippen LogP contribution is -2.46. The van der Waals surface area contributed by atoms with Gasteiger partial charge in [0.2, 0.25) is 0 Å². The van der Waals surface area contributed by atoms with Crippen LogP contribution in [0.15, 0.2) is 35.3 Å². The minimum Gasteiger partial charge on any atom is -0.368 e. The summed E-state index contributed by atoms with van der Waals surface area (Å²) in [7, 11) is 1.57. The summed E-state index contributed by atoms with van der Waals surface area (Å²) in [6.45, 7) is 5.38. The molecule has 11 heteroatoms. The topological polar surface area (TPSA) is 98.6 Å². The highest BCUT2D eigenvalue weighted by Gasteiger charge is 2.21. The highest BCUT2D eigenvalue weighted by Crippen LogP contribution is 2.23. The van der Waals surface area contributed by atoms with Crippen LogP contribution in [0.25, 0.3) is 16.6 Å². The smallest absolute Gasteiger partial charge is 0.277 e. The minimum atomic E-state index is -0.793. The molecule has 0 unspecified atom stereocenters. The van der Waals surface area contributed by atoms with Gasteiger partial charge in [-0.1, -0.05) is 0 Å². The Morgan fingerprint density at radius 1 is 1.12 bits per heavy atom. The molecule has 5 rings (SSSR count). The summed E-state index contributed by atoms with van der Waals surface area (Å²) >= 11 is 0. The fraction of sp³-hybridized carbons (Fsp3) is 0.304. The lowest BCUT2D eigenvalue weighted by Gasteiger charge is -2.36. The predicted molar refractivity (Wildman–Crippen MR) is 123 cm³/mol. The Kier molecular flexibility index (Phi) is 5.48. The average Bonchev–Trinajstić information content (AvgIpc) is 3.20. The molecular weight excluding hydrogens is 444 g/mol. The van der Waals surface area contributed by atoms with Crippen LogP contribution in [0.1, 0.15) is 21.7 Å². The number of nitrogens with one attached hydrogen (secondary N) is 2. The van der Waals surface area contributed by atoms with Gasteiger partial charge in [-0.05, 0) is 36.8 Å². The van der Waals surface area contributed by atoms with Crippen molar-refractivity contribution in [2.75, 3.05) is 38.1 Å². The van der Waals surface area contributed by atoms with E-state index in [4.69, 9.17) is 0 Å². The van der Waals surface area contributed by atoms with Gasteiger partial charge in [0.1, 0.15) is 11.2 Å². The Labute approximate surface area is 193 Å². The van der Waals surface area contributed by atoms with Crippen molar-refractivity contribution >= 4 is 28.1 Å². The number of anilines is 1. The summed E-state index contributed by atoms with van der Waals surface area (Å²) in [6.07, 6.45) is 0.903. The molecule has 4 heterocycles. The zero-order valence-corrected chi connectivity index (χ0v) is 18.7. The lowest BCUT2D eigenvalue weighted by atomic mass is 10.1. The number of aryl methyl sites for hydroxylation is 1. The van der Waals surface area contributed by atoms with Crippen LogP contribution in [0.3, 0.4) is 0 Å². The van der Waals surface area contributed by atoms with E-state index < -0.39 is 17.2 Å². The Balaban J connectivity index is 1.32. The third kappa shape index (κ3) is 3.77. The van der Waals surface area contributed by atoms with Crippen molar-refractivity contribution in [1.82, 2.24) is 29.8 Å². The standard InChI is InChI=1S/C23H23F2N7O2/c1-13-19(4-3-17(28-13)22(33)26-2)31-7-5-30(6-8-31)12-14-9-15(24)20-18(10-14)29-23(34)21-16(25)11-27-32(20)21/h3-4,9-11H,5-8,12H2,1-2H3,(H,26,33)(H,29,34). The monoisotopic (exact) mass is 467 g/mol. The van der Waals surface area contributed by atoms with Crippen LogP contribution >= 0.6 is 0 Å². The molecule has 4 aromatic rings. The molecule has 0 aliphatic carbocycles. The van der Waals surface area contributed by atoms with Crippen molar-refractivity contribution in [3.8, 4) is 0 Å². The number of carbonyl (C=O) groups is 1. The van der Waals surface area contributed by atoms with E-state index in [0.29, 0.717) is 17.8 Å². The molecule has 1 aliphatic heterocycles. The van der Waals surface area contributed by atoms with Crippen molar-refractivity contribution in [1.29, 1.82) is 0 Å². The van der Waals surface area contributed by atoms with Gasteiger partial charge >= 0.3 is 0 Å². The predicted octanol–water partition coefficient (Wildman–Crippen LogP) is 1.84. The number of aromatic nitrogens is 4. The van der Waals surface area contributed by atoms with Crippen molar-refractivity contribution in [3.05, 3.63) is 69.4 Å². The summed E-state index contributed by atoms with van der Waals surface area (Å²) in [4.78, 5) is 35.4. The number of amides is 1. The highest BCUT2D eigenvalue weighted by atomic mass is 19.1. The first-order valence-corrected chi connectivity index (χ1v) is 10.9. The first kappa shape index (κ1) is 22.0. The molecular formula is C23H23F2N7O2. The van der Waals surface area contributed by atoms with Gasteiger partial charge in [-0.15, -0.1) is 0 Å². The molecule has 2 N–H and O–H groups in total. The van der Waals surface area contributed by atoms with Crippen LogP contribution in [0.5, 0.6) is 0 Å². The minimum absolute atomic E-state index is 0.0373. The van der Waals surface area contributed by atoms with Crippen LogP contribution in [0, 0.1) is 18.6 Å². The molecule has 34 heavy (non-hydrogen) atoms. The number of hydrogen-bond acceptors (Lipinski definition) is 6. The second-order valence-electron chi connectivity index (χ2n) is 8.32. The second kappa shape index (κ2) is 8.49. The van der Waals surface area contributed by atoms with Gasteiger partial charge in [-0.25, -0.2) is 18.3 Å². The van der Waals surface area contributed by atoms with Crippen LogP contribution in [0.4, 0.5) is 14.5 Å². The fourth-order valence-electron chi connectivity index (χ4n) is 4.49. The highest BCUT2D eigenvalue weighted by molar-refractivity contribution is 5.92. The Morgan fingerprint density at radius 3 is 2.59 bits per heavy atom. The first-order valence-electron chi connectivity index (χ1n) is 10.9. The van der Waals surface area contributed by atoms with E-state index in [2.05, 4.69) is 30.2 Å². The molecule has 0 bridgehead atoms. The maximum atomic E-state index is 14.9. The molecule has 0 radical (unpaired) electrons. The number of piperazine rings is 1. The summed E-state index contributed by atoms with van der Waals surface area (Å²) in [5.41, 5.74) is 2.21. The molecule has 0 saturated carbocycles. The third-order valence-electron chi connectivity index (χ3n) is 6.16. The number of rotatable bonds is 4. The van der Waals surface area contributed by atoms with Crippen LogP contribution < -0.4 is 15.8 Å². The Bertz CT molecular complexity index is 1470. The number of hydrogen-bond donors (Lipinski definition) is 2. The van der Waals surface area contributed by atoms with Crippen LogP contribution in [-0.2, 0) is 6.54 Å². The molecule has 0 spiro atoms. The Morgan fingerprint density at radius 2 is 1.88 bits per heavy atom. The number of fused-ring (bicyclic) bond motifs is 3. The van der Waals surface area contributed by atoms with Gasteiger partial charge in [-0.3, -0.25) is 14.5 Å². The summed E-state index contributed by atoms with van der Waals surface area (Å²) in [5, 5.41) is 6.39. The van der Waals surface area contributed by atoms with E-state index in [1.54, 1.807) is 19.2 Å². The number of benzene rings is 1. The molecule has 1 amide bonds. The molecule has 1 aliphatic rings. The van der Waals surface area contributed by atoms with E-state index in [-0.39, 0.29) is 22.5 Å². The van der Waals surface area contributed by atoms with E-state index in [1.807, 2.05) is 13.0 Å². The maximum absolute atomic E-state index is 14.9. The molecule has 1 saturated heterocycles. The van der Waals surface area contributed by atoms with E-state index >= 15 is 0 Å². The van der Waals surface area contributed by atoms with Gasteiger partial charge < -0.3 is 15.2 Å². The van der Waals surface area contributed by atoms with Crippen molar-refractivity contribution in [2.24, 2.45) is 0 Å². The van der Waals surface area contributed by atoms with Gasteiger partial charge in [-0.2, -0.15) is 5.10 Å². The summed E-state index contributed by atoms with van der Waals surface area (Å²) in [6, 6.07) is 6.74. The maximum Gasteiger partial charge on any atom is 0.277 e. The summed E-state index contributed by atoms with van der Waals surface area (Å²) in [5.74, 6) is -1.59. The van der Waals surface area contributed by atoms with E-state index in [9.17, 15) is 18.4 Å². The number of carbonyl (C=O) groups excluding carboxylic acids is 1. The first-order chi connectivity index (χ1) is 16.4. The zero-order valence-electron chi connectivity index (χ0n) is 18.7. The summed E-state index contributed by atoms with van der Waals surface area (Å²) < 4.78 is 29.8. The molecule has 3 aromatic heterocycles. The molecule has 176 valence electrons. The van der Waals surface area contributed by atoms with Gasteiger partial charge in [0, 0.05) is 39.8 Å². The van der Waals surface area contributed by atoms with E-state index in [1.165, 1.54) is 6.07 Å². The number of nitrogens with zero attached hydrogens (tertiary/aromatic N) is 5. The van der Waals surface area contributed by atoms with E-state index in [0.717, 1.165) is 48.3 Å². The number of aromatic amines is 1. The molecule has 0 atom stereocenters. The van der Waals surface area contributed by atoms with Gasteiger partial charge in [0.05, 0.1) is 23.1 Å². The number of H-pyrrole nitrogens is 1. The van der Waals surface area contributed by atoms with Crippen LogP contribution in [0.2, 0.25) is 0 Å². The number of halogens is 2. The van der Waals surface area contributed by atoms with Gasteiger partial charge in [0.25, 0.3) is 11.5 Å². The van der Waals surface area contributed by atoms with Crippen molar-refractivity contribution in [2.45, 2.75) is 13.5 Å². The lowest BCUT2D eigenvalue weighted by molar-refractivity contribution is 0.0958. The average molecular weight is 467 g/mol.